The maximum atomic E-state index is 12.1. The Morgan fingerprint density at radius 2 is 1.68 bits per heavy atom. The molecule has 28 heavy (non-hydrogen) atoms. The van der Waals surface area contributed by atoms with Crippen LogP contribution in [0.1, 0.15) is 22.3 Å². The Hall–Kier alpha value is -2.75. The van der Waals surface area contributed by atoms with Crippen molar-refractivity contribution in [3.05, 3.63) is 59.7 Å². The molecule has 2 aromatic rings. The standard InChI is InChI=1S/C18H16F3NO5S/c19-18(20,21)27-16-8-2-13(3-9-16)12-26-17(23)14-4-6-15(7-5-14)22-10-1-11-28(22,24)25/h2-9H,1,10-12H2. The van der Waals surface area contributed by atoms with Crippen molar-refractivity contribution in [1.82, 2.24) is 0 Å². The molecule has 0 amide bonds. The van der Waals surface area contributed by atoms with E-state index in [2.05, 4.69) is 4.74 Å². The van der Waals surface area contributed by atoms with Crippen molar-refractivity contribution in [2.24, 2.45) is 0 Å². The summed E-state index contributed by atoms with van der Waals surface area (Å²) in [5.74, 6) is -0.898. The van der Waals surface area contributed by atoms with Crippen LogP contribution in [0.4, 0.5) is 18.9 Å². The van der Waals surface area contributed by atoms with E-state index < -0.39 is 22.4 Å². The molecule has 0 saturated carbocycles. The van der Waals surface area contributed by atoms with Gasteiger partial charge >= 0.3 is 12.3 Å². The molecule has 150 valence electrons. The molecule has 1 saturated heterocycles. The number of ether oxygens (including phenoxy) is 2. The minimum absolute atomic E-state index is 0.101. The van der Waals surface area contributed by atoms with Gasteiger partial charge in [0.15, 0.2) is 0 Å². The van der Waals surface area contributed by atoms with Gasteiger partial charge in [-0.25, -0.2) is 13.2 Å². The summed E-state index contributed by atoms with van der Waals surface area (Å²) < 4.78 is 70.4. The van der Waals surface area contributed by atoms with E-state index in [0.29, 0.717) is 24.2 Å². The number of sulfonamides is 1. The van der Waals surface area contributed by atoms with E-state index in [1.165, 1.54) is 40.7 Å². The summed E-state index contributed by atoms with van der Waals surface area (Å²) in [6, 6.07) is 11.0. The van der Waals surface area contributed by atoms with Gasteiger partial charge in [0.25, 0.3) is 0 Å². The third-order valence-electron chi connectivity index (χ3n) is 4.02. The van der Waals surface area contributed by atoms with E-state index in [9.17, 15) is 26.4 Å². The number of carbonyl (C=O) groups excluding carboxylic acids is 1. The normalized spacial score (nSPS) is 16.0. The summed E-state index contributed by atoms with van der Waals surface area (Å²) in [5, 5.41) is 0. The fraction of sp³-hybridized carbons (Fsp3) is 0.278. The van der Waals surface area contributed by atoms with E-state index in [-0.39, 0.29) is 23.7 Å². The SMILES string of the molecule is O=C(OCc1ccc(OC(F)(F)F)cc1)c1ccc(N2CCCS2(=O)=O)cc1. The van der Waals surface area contributed by atoms with Crippen LogP contribution in [-0.2, 0) is 21.4 Å². The number of esters is 1. The van der Waals surface area contributed by atoms with Crippen LogP contribution < -0.4 is 9.04 Å². The third kappa shape index (κ3) is 4.94. The van der Waals surface area contributed by atoms with Gasteiger partial charge in [-0.05, 0) is 48.4 Å². The molecule has 1 aliphatic rings. The Morgan fingerprint density at radius 1 is 1.04 bits per heavy atom. The number of benzene rings is 2. The lowest BCUT2D eigenvalue weighted by atomic mass is 10.2. The highest BCUT2D eigenvalue weighted by molar-refractivity contribution is 7.93. The molecule has 0 aliphatic carbocycles. The molecule has 2 aromatic carbocycles. The van der Waals surface area contributed by atoms with E-state index >= 15 is 0 Å². The average molecular weight is 415 g/mol. The first-order chi connectivity index (χ1) is 13.1. The van der Waals surface area contributed by atoms with Gasteiger partial charge in [0.05, 0.1) is 17.0 Å². The predicted octanol–water partition coefficient (Wildman–Crippen LogP) is 3.48. The Balaban J connectivity index is 1.58. The lowest BCUT2D eigenvalue weighted by molar-refractivity contribution is -0.274. The Labute approximate surface area is 159 Å². The van der Waals surface area contributed by atoms with E-state index in [1.54, 1.807) is 0 Å². The number of rotatable bonds is 5. The van der Waals surface area contributed by atoms with Crippen LogP contribution in [0.2, 0.25) is 0 Å². The average Bonchev–Trinajstić information content (AvgIpc) is 2.99. The number of halogens is 3. The lowest BCUT2D eigenvalue weighted by Crippen LogP contribution is -2.25. The molecule has 0 atom stereocenters. The maximum Gasteiger partial charge on any atom is 0.573 e. The molecular formula is C18H16F3NO5S. The fourth-order valence-corrected chi connectivity index (χ4v) is 4.28. The smallest absolute Gasteiger partial charge is 0.457 e. The van der Waals surface area contributed by atoms with Crippen LogP contribution in [0.25, 0.3) is 0 Å². The lowest BCUT2D eigenvalue weighted by Gasteiger charge is -2.16. The minimum Gasteiger partial charge on any atom is -0.457 e. The zero-order chi connectivity index (χ0) is 20.4. The summed E-state index contributed by atoms with van der Waals surface area (Å²) in [6.07, 6.45) is -4.21. The maximum absolute atomic E-state index is 12.1. The molecule has 0 radical (unpaired) electrons. The Morgan fingerprint density at radius 3 is 2.21 bits per heavy atom. The number of nitrogens with zero attached hydrogens (tertiary/aromatic N) is 1. The number of hydrogen-bond acceptors (Lipinski definition) is 5. The Kier molecular flexibility index (Phi) is 5.50. The van der Waals surface area contributed by atoms with E-state index in [4.69, 9.17) is 4.74 Å². The molecule has 10 heteroatoms. The van der Waals surface area contributed by atoms with Crippen molar-refractivity contribution in [2.45, 2.75) is 19.4 Å². The molecule has 3 rings (SSSR count). The van der Waals surface area contributed by atoms with Crippen LogP contribution in [0.15, 0.2) is 48.5 Å². The van der Waals surface area contributed by atoms with Gasteiger partial charge in [-0.15, -0.1) is 13.2 Å². The number of carbonyl (C=O) groups is 1. The van der Waals surface area contributed by atoms with Crippen molar-refractivity contribution < 1.29 is 35.9 Å². The zero-order valence-corrected chi connectivity index (χ0v) is 15.3. The van der Waals surface area contributed by atoms with Crippen molar-refractivity contribution >= 4 is 21.7 Å². The molecule has 0 spiro atoms. The molecule has 6 nitrogen and oxygen atoms in total. The second-order valence-electron chi connectivity index (χ2n) is 6.06. The van der Waals surface area contributed by atoms with Crippen molar-refractivity contribution in [2.75, 3.05) is 16.6 Å². The summed E-state index contributed by atoms with van der Waals surface area (Å²) in [7, 11) is -3.30. The molecule has 1 heterocycles. The fourth-order valence-electron chi connectivity index (χ4n) is 2.71. The third-order valence-corrected chi connectivity index (χ3v) is 5.89. The second-order valence-corrected chi connectivity index (χ2v) is 8.07. The van der Waals surface area contributed by atoms with Gasteiger partial charge in [0.2, 0.25) is 10.0 Å². The van der Waals surface area contributed by atoms with Crippen LogP contribution in [0, 0.1) is 0 Å². The Bertz CT molecular complexity index is 941. The minimum atomic E-state index is -4.77. The van der Waals surface area contributed by atoms with Gasteiger partial charge in [-0.2, -0.15) is 0 Å². The molecule has 0 N–H and O–H groups in total. The molecular weight excluding hydrogens is 399 g/mol. The second kappa shape index (κ2) is 7.70. The van der Waals surface area contributed by atoms with Gasteiger partial charge < -0.3 is 9.47 Å². The number of alkyl halides is 3. The topological polar surface area (TPSA) is 72.9 Å². The predicted molar refractivity (Wildman–Crippen MR) is 94.4 cm³/mol. The van der Waals surface area contributed by atoms with Crippen LogP contribution >= 0.6 is 0 Å². The highest BCUT2D eigenvalue weighted by Crippen LogP contribution is 2.25. The molecule has 0 bridgehead atoms. The molecule has 0 unspecified atom stereocenters. The summed E-state index contributed by atoms with van der Waals surface area (Å²) in [4.78, 5) is 12.1. The highest BCUT2D eigenvalue weighted by Gasteiger charge is 2.31. The van der Waals surface area contributed by atoms with Gasteiger partial charge in [0.1, 0.15) is 12.4 Å². The highest BCUT2D eigenvalue weighted by atomic mass is 32.2. The van der Waals surface area contributed by atoms with Gasteiger partial charge in [0, 0.05) is 6.54 Å². The zero-order valence-electron chi connectivity index (χ0n) is 14.5. The number of anilines is 1. The van der Waals surface area contributed by atoms with Gasteiger partial charge in [-0.3, -0.25) is 4.31 Å². The van der Waals surface area contributed by atoms with Crippen molar-refractivity contribution in [1.29, 1.82) is 0 Å². The molecule has 0 aromatic heterocycles. The first kappa shape index (κ1) is 20.0. The number of hydrogen-bond donors (Lipinski definition) is 0. The summed E-state index contributed by atoms with van der Waals surface area (Å²) in [5.41, 5.74) is 1.20. The van der Waals surface area contributed by atoms with Gasteiger partial charge in [-0.1, -0.05) is 12.1 Å². The molecule has 1 aliphatic heterocycles. The molecule has 1 fully saturated rings. The van der Waals surface area contributed by atoms with E-state index in [1.807, 2.05) is 0 Å². The van der Waals surface area contributed by atoms with Crippen molar-refractivity contribution in [3.63, 3.8) is 0 Å². The van der Waals surface area contributed by atoms with Crippen LogP contribution in [0.3, 0.4) is 0 Å². The largest absolute Gasteiger partial charge is 0.573 e. The van der Waals surface area contributed by atoms with E-state index in [0.717, 1.165) is 12.1 Å². The first-order valence-electron chi connectivity index (χ1n) is 8.26. The first-order valence-corrected chi connectivity index (χ1v) is 9.87. The van der Waals surface area contributed by atoms with Crippen LogP contribution in [-0.4, -0.2) is 33.0 Å². The quantitative estimate of drug-likeness (QED) is 0.699. The summed E-state index contributed by atoms with van der Waals surface area (Å²) >= 11 is 0. The summed E-state index contributed by atoms with van der Waals surface area (Å²) in [6.45, 7) is 0.271. The monoisotopic (exact) mass is 415 g/mol. The van der Waals surface area contributed by atoms with Crippen LogP contribution in [0.5, 0.6) is 5.75 Å². The van der Waals surface area contributed by atoms with Crippen molar-refractivity contribution in [3.8, 4) is 5.75 Å².